The predicted octanol–water partition coefficient (Wildman–Crippen LogP) is 3.59. The molecule has 4 heteroatoms. The maximum Gasteiger partial charge on any atom is 0.342 e. The molecule has 0 spiro atoms. The highest BCUT2D eigenvalue weighted by atomic mass is 19.1. The van der Waals surface area contributed by atoms with Crippen LogP contribution in [0.1, 0.15) is 18.1 Å². The van der Waals surface area contributed by atoms with Gasteiger partial charge in [0.1, 0.15) is 0 Å². The smallest absolute Gasteiger partial charge is 0.342 e. The van der Waals surface area contributed by atoms with Gasteiger partial charge in [-0.25, -0.2) is 9.18 Å². The summed E-state index contributed by atoms with van der Waals surface area (Å²) in [5, 5.41) is 0. The molecule has 0 saturated carbocycles. The fourth-order valence-electron chi connectivity index (χ4n) is 2.40. The molecule has 0 bridgehead atoms. The fraction of sp³-hybridized carbons (Fsp3) is 0.316. The van der Waals surface area contributed by atoms with E-state index in [4.69, 9.17) is 4.74 Å². The number of hydrogen-bond donors (Lipinski definition) is 0. The Morgan fingerprint density at radius 1 is 1.00 bits per heavy atom. The van der Waals surface area contributed by atoms with Crippen molar-refractivity contribution >= 4 is 5.97 Å². The maximum atomic E-state index is 14.1. The van der Waals surface area contributed by atoms with Crippen molar-refractivity contribution in [3.8, 4) is 0 Å². The van der Waals surface area contributed by atoms with Gasteiger partial charge < -0.3 is 4.74 Å². The average Bonchev–Trinajstić information content (AvgIpc) is 2.57. The number of hydrogen-bond acceptors (Lipinski definition) is 3. The number of ether oxygens (including phenoxy) is 1. The molecule has 3 nitrogen and oxygen atoms in total. The Balaban J connectivity index is 2.06. The first-order chi connectivity index (χ1) is 11.2. The number of nitrogens with zero attached hydrogens (tertiary/aromatic N) is 1. The summed E-state index contributed by atoms with van der Waals surface area (Å²) in [4.78, 5) is 13.5. The Kier molecular flexibility index (Phi) is 6.76. The highest BCUT2D eigenvalue weighted by Gasteiger charge is 2.22. The van der Waals surface area contributed by atoms with E-state index in [1.807, 2.05) is 65.6 Å². The van der Waals surface area contributed by atoms with Gasteiger partial charge in [-0.15, -0.1) is 0 Å². The van der Waals surface area contributed by atoms with Crippen LogP contribution in [0.3, 0.4) is 0 Å². The van der Waals surface area contributed by atoms with Gasteiger partial charge in [-0.3, -0.25) is 4.90 Å². The Labute approximate surface area is 136 Å². The molecule has 1 atom stereocenters. The third-order valence-corrected chi connectivity index (χ3v) is 3.46. The molecule has 122 valence electrons. The summed E-state index contributed by atoms with van der Waals surface area (Å²) in [5.74, 6) is -0.793. The van der Waals surface area contributed by atoms with Gasteiger partial charge in [-0.2, -0.15) is 0 Å². The predicted molar refractivity (Wildman–Crippen MR) is 88.5 cm³/mol. The van der Waals surface area contributed by atoms with Crippen molar-refractivity contribution in [3.05, 3.63) is 71.8 Å². The standard InChI is InChI=1S/C19H22FNO2/c1-2-23-19(22)18(20)15-21(13-16-9-5-3-6-10-16)14-17-11-7-4-8-12-17/h3-12,18H,2,13-15H2,1H3/t18-/m1/s1. The van der Waals surface area contributed by atoms with Crippen molar-refractivity contribution in [3.63, 3.8) is 0 Å². The van der Waals surface area contributed by atoms with E-state index < -0.39 is 12.1 Å². The molecule has 0 aliphatic rings. The molecule has 0 unspecified atom stereocenters. The van der Waals surface area contributed by atoms with Crippen LogP contribution in [-0.2, 0) is 22.6 Å². The minimum atomic E-state index is -1.64. The lowest BCUT2D eigenvalue weighted by Crippen LogP contribution is -2.34. The highest BCUT2D eigenvalue weighted by molar-refractivity contribution is 5.74. The van der Waals surface area contributed by atoms with Crippen LogP contribution in [0.5, 0.6) is 0 Å². The normalized spacial score (nSPS) is 12.1. The second kappa shape index (κ2) is 9.06. The van der Waals surface area contributed by atoms with Gasteiger partial charge >= 0.3 is 5.97 Å². The third kappa shape index (κ3) is 5.83. The average molecular weight is 315 g/mol. The van der Waals surface area contributed by atoms with Crippen LogP contribution in [0.4, 0.5) is 4.39 Å². The van der Waals surface area contributed by atoms with Crippen molar-refractivity contribution in [2.45, 2.75) is 26.2 Å². The van der Waals surface area contributed by atoms with E-state index >= 15 is 0 Å². The summed E-state index contributed by atoms with van der Waals surface area (Å²) in [6, 6.07) is 19.7. The molecule has 0 fully saturated rings. The highest BCUT2D eigenvalue weighted by Crippen LogP contribution is 2.12. The molecule has 0 aliphatic heterocycles. The second-order valence-corrected chi connectivity index (χ2v) is 5.36. The monoisotopic (exact) mass is 315 g/mol. The first-order valence-electron chi connectivity index (χ1n) is 7.80. The number of halogens is 1. The van der Waals surface area contributed by atoms with Crippen molar-refractivity contribution in [2.24, 2.45) is 0 Å². The lowest BCUT2D eigenvalue weighted by molar-refractivity contribution is -0.149. The van der Waals surface area contributed by atoms with Gasteiger partial charge in [0.25, 0.3) is 0 Å². The minimum absolute atomic E-state index is 0.0165. The summed E-state index contributed by atoms with van der Waals surface area (Å²) in [5.41, 5.74) is 2.17. The molecule has 0 aliphatic carbocycles. The van der Waals surface area contributed by atoms with Crippen LogP contribution in [0.25, 0.3) is 0 Å². The van der Waals surface area contributed by atoms with Crippen LogP contribution >= 0.6 is 0 Å². The number of rotatable bonds is 8. The molecule has 23 heavy (non-hydrogen) atoms. The summed E-state index contributed by atoms with van der Waals surface area (Å²) in [7, 11) is 0. The molecule has 0 heterocycles. The Morgan fingerprint density at radius 2 is 1.48 bits per heavy atom. The van der Waals surface area contributed by atoms with E-state index in [1.54, 1.807) is 6.92 Å². The zero-order valence-electron chi connectivity index (χ0n) is 13.3. The van der Waals surface area contributed by atoms with Gasteiger partial charge in [0.15, 0.2) is 0 Å². The van der Waals surface area contributed by atoms with Crippen LogP contribution < -0.4 is 0 Å². The molecular formula is C19H22FNO2. The van der Waals surface area contributed by atoms with Gasteiger partial charge in [-0.05, 0) is 18.1 Å². The van der Waals surface area contributed by atoms with E-state index in [2.05, 4.69) is 0 Å². The van der Waals surface area contributed by atoms with Gasteiger partial charge in [0.2, 0.25) is 6.17 Å². The van der Waals surface area contributed by atoms with Gasteiger partial charge in [0.05, 0.1) is 6.61 Å². The van der Waals surface area contributed by atoms with E-state index in [0.29, 0.717) is 13.1 Å². The van der Waals surface area contributed by atoms with Crippen molar-refractivity contribution in [1.82, 2.24) is 4.90 Å². The van der Waals surface area contributed by atoms with Crippen molar-refractivity contribution in [2.75, 3.05) is 13.2 Å². The molecule has 0 saturated heterocycles. The van der Waals surface area contributed by atoms with Crippen molar-refractivity contribution in [1.29, 1.82) is 0 Å². The number of carbonyl (C=O) groups excluding carboxylic acids is 1. The largest absolute Gasteiger partial charge is 0.464 e. The van der Waals surface area contributed by atoms with Crippen LogP contribution in [0, 0.1) is 0 Å². The van der Waals surface area contributed by atoms with Crippen LogP contribution in [0.15, 0.2) is 60.7 Å². The summed E-state index contributed by atoms with van der Waals surface area (Å²) in [6.07, 6.45) is -1.64. The Morgan fingerprint density at radius 3 is 1.91 bits per heavy atom. The molecule has 0 radical (unpaired) electrons. The van der Waals surface area contributed by atoms with E-state index in [0.717, 1.165) is 11.1 Å². The number of carbonyl (C=O) groups is 1. The SMILES string of the molecule is CCOC(=O)[C@H](F)CN(Cc1ccccc1)Cc1ccccc1. The lowest BCUT2D eigenvalue weighted by Gasteiger charge is -2.23. The third-order valence-electron chi connectivity index (χ3n) is 3.46. The maximum absolute atomic E-state index is 14.1. The topological polar surface area (TPSA) is 29.5 Å². The zero-order valence-corrected chi connectivity index (χ0v) is 13.3. The van der Waals surface area contributed by atoms with Gasteiger partial charge in [-0.1, -0.05) is 60.7 Å². The van der Waals surface area contributed by atoms with E-state index in [1.165, 1.54) is 0 Å². The van der Waals surface area contributed by atoms with Crippen LogP contribution in [-0.4, -0.2) is 30.2 Å². The Hall–Kier alpha value is -2.20. The quantitative estimate of drug-likeness (QED) is 0.697. The molecule has 2 aromatic carbocycles. The molecule has 0 amide bonds. The fourth-order valence-corrected chi connectivity index (χ4v) is 2.40. The summed E-state index contributed by atoms with van der Waals surface area (Å²) in [6.45, 7) is 3.04. The zero-order chi connectivity index (χ0) is 16.5. The molecule has 0 aromatic heterocycles. The van der Waals surface area contributed by atoms with Gasteiger partial charge in [0, 0.05) is 19.6 Å². The molecule has 0 N–H and O–H groups in total. The minimum Gasteiger partial charge on any atom is -0.464 e. The summed E-state index contributed by atoms with van der Waals surface area (Å²) < 4.78 is 18.9. The van der Waals surface area contributed by atoms with Crippen LogP contribution in [0.2, 0.25) is 0 Å². The van der Waals surface area contributed by atoms with Crippen molar-refractivity contribution < 1.29 is 13.9 Å². The lowest BCUT2D eigenvalue weighted by atomic mass is 10.1. The molecule has 2 aromatic rings. The second-order valence-electron chi connectivity index (χ2n) is 5.36. The van der Waals surface area contributed by atoms with E-state index in [-0.39, 0.29) is 13.2 Å². The number of alkyl halides is 1. The number of esters is 1. The Bertz CT molecular complexity index is 547. The first-order valence-corrected chi connectivity index (χ1v) is 7.80. The molecular weight excluding hydrogens is 293 g/mol. The molecule has 2 rings (SSSR count). The van der Waals surface area contributed by atoms with E-state index in [9.17, 15) is 9.18 Å². The number of benzene rings is 2. The first kappa shape index (κ1) is 17.2. The summed E-state index contributed by atoms with van der Waals surface area (Å²) >= 11 is 0.